The minimum Gasteiger partial charge on any atom is -0.352 e. The number of pyridine rings is 2. The van der Waals surface area contributed by atoms with Crippen LogP contribution in [-0.4, -0.2) is 53.4 Å². The molecule has 0 bridgehead atoms. The molecule has 0 unspecified atom stereocenters. The van der Waals surface area contributed by atoms with Crippen molar-refractivity contribution in [1.82, 2.24) is 53.4 Å². The summed E-state index contributed by atoms with van der Waals surface area (Å²) in [6, 6.07) is 23.8. The van der Waals surface area contributed by atoms with Crippen molar-refractivity contribution in [2.75, 3.05) is 10.6 Å². The molecule has 13 nitrogen and oxygen atoms in total. The molecule has 0 aliphatic heterocycles. The highest BCUT2D eigenvalue weighted by Gasteiger charge is 2.23. The Kier molecular flexibility index (Phi) is 5.25. The van der Waals surface area contributed by atoms with Crippen molar-refractivity contribution < 1.29 is 0 Å². The van der Waals surface area contributed by atoms with Crippen LogP contribution in [-0.2, 0) is 0 Å². The lowest BCUT2D eigenvalue weighted by Gasteiger charge is -2.15. The van der Waals surface area contributed by atoms with Gasteiger partial charge in [0, 0.05) is 23.2 Å². The molecule has 0 saturated carbocycles. The maximum absolute atomic E-state index is 5.04. The number of nitrogens with zero attached hydrogens (tertiary/aromatic N) is 11. The molecule has 3 aromatic carbocycles. The van der Waals surface area contributed by atoms with Crippen LogP contribution in [0.2, 0.25) is 0 Å². The molecule has 7 heterocycles. The van der Waals surface area contributed by atoms with E-state index in [4.69, 9.17) is 19.9 Å². The molecule has 0 aliphatic rings. The fraction of sp³-hybridized carbons (Fsp3) is 0. The first-order valence-electron chi connectivity index (χ1n) is 14.8. The Morgan fingerprint density at radius 2 is 1.04 bits per heavy atom. The maximum atomic E-state index is 5.04. The molecule has 2 N–H and O–H groups in total. The van der Waals surface area contributed by atoms with Gasteiger partial charge in [-0.1, -0.05) is 12.1 Å². The standard InChI is InChI=1S/C34H21N13/c1-7-24-29(26(9-1)41-20-5-3-13-35-15-20)45(18-39-24)31-22-11-12-23-28(22)47-33(43-31)37-17-38-34(47)44-32(23)46-19-40-25-8-2-10-27(30(25)46)42-21-6-4-14-36-16-21/h1-19,41-42H. The van der Waals surface area contributed by atoms with Gasteiger partial charge in [-0.05, 0) is 60.7 Å². The molecule has 0 radical (unpaired) electrons. The van der Waals surface area contributed by atoms with Crippen molar-refractivity contribution >= 4 is 72.7 Å². The van der Waals surface area contributed by atoms with Gasteiger partial charge in [-0.3, -0.25) is 19.1 Å². The summed E-state index contributed by atoms with van der Waals surface area (Å²) in [7, 11) is 0. The predicted molar refractivity (Wildman–Crippen MR) is 179 cm³/mol. The second kappa shape index (κ2) is 9.74. The van der Waals surface area contributed by atoms with Crippen LogP contribution in [0.1, 0.15) is 0 Å². The van der Waals surface area contributed by atoms with Crippen LogP contribution in [0.15, 0.2) is 117 Å². The minimum absolute atomic E-state index is 0.474. The van der Waals surface area contributed by atoms with E-state index in [0.717, 1.165) is 61.1 Å². The van der Waals surface area contributed by atoms with E-state index >= 15 is 0 Å². The molecule has 0 aliphatic carbocycles. The Morgan fingerprint density at radius 1 is 0.511 bits per heavy atom. The summed E-state index contributed by atoms with van der Waals surface area (Å²) >= 11 is 0. The van der Waals surface area contributed by atoms with E-state index in [1.165, 1.54) is 6.33 Å². The zero-order valence-corrected chi connectivity index (χ0v) is 24.4. The fourth-order valence-corrected chi connectivity index (χ4v) is 6.28. The van der Waals surface area contributed by atoms with Gasteiger partial charge in [-0.15, -0.1) is 0 Å². The van der Waals surface area contributed by atoms with Crippen molar-refractivity contribution in [2.24, 2.45) is 0 Å². The lowest BCUT2D eigenvalue weighted by molar-refractivity contribution is 0.958. The van der Waals surface area contributed by atoms with Gasteiger partial charge in [0.2, 0.25) is 11.6 Å². The van der Waals surface area contributed by atoms with Gasteiger partial charge in [0.1, 0.15) is 19.0 Å². The van der Waals surface area contributed by atoms with Crippen LogP contribution < -0.4 is 10.6 Å². The first kappa shape index (κ1) is 25.3. The Hall–Kier alpha value is -7.02. The second-order valence-corrected chi connectivity index (χ2v) is 11.0. The zero-order valence-electron chi connectivity index (χ0n) is 24.4. The third-order valence-corrected chi connectivity index (χ3v) is 8.26. The number of nitrogens with one attached hydrogen (secondary N) is 2. The molecule has 10 rings (SSSR count). The topological polar surface area (TPSA) is 141 Å². The van der Waals surface area contributed by atoms with E-state index in [2.05, 4.69) is 42.7 Å². The summed E-state index contributed by atoms with van der Waals surface area (Å²) in [5.74, 6) is 2.33. The number of fused-ring (bicyclic) bond motifs is 2. The number of benzene rings is 2. The first-order chi connectivity index (χ1) is 23.3. The summed E-state index contributed by atoms with van der Waals surface area (Å²) < 4.78 is 5.91. The van der Waals surface area contributed by atoms with Crippen molar-refractivity contribution in [3.05, 3.63) is 117 Å². The monoisotopic (exact) mass is 611 g/mol. The summed E-state index contributed by atoms with van der Waals surface area (Å²) in [4.78, 5) is 37.2. The number of imidazole rings is 2. The van der Waals surface area contributed by atoms with Crippen LogP contribution >= 0.6 is 0 Å². The van der Waals surface area contributed by atoms with Crippen molar-refractivity contribution in [2.45, 2.75) is 0 Å². The summed E-state index contributed by atoms with van der Waals surface area (Å²) in [5, 5.41) is 8.79. The highest BCUT2D eigenvalue weighted by molar-refractivity contribution is 6.08. The largest absolute Gasteiger partial charge is 0.352 e. The molecule has 0 amide bonds. The first-order valence-corrected chi connectivity index (χ1v) is 14.8. The number of hydrogen-bond acceptors (Lipinski definition) is 10. The molecule has 0 saturated heterocycles. The van der Waals surface area contributed by atoms with Gasteiger partial charge < -0.3 is 10.6 Å². The molecular weight excluding hydrogens is 590 g/mol. The minimum atomic E-state index is 0.474. The molecule has 0 atom stereocenters. The van der Waals surface area contributed by atoms with Crippen LogP contribution in [0.3, 0.4) is 0 Å². The summed E-state index contributed by atoms with van der Waals surface area (Å²) in [6.45, 7) is 0. The van der Waals surface area contributed by atoms with Crippen molar-refractivity contribution in [3.8, 4) is 11.6 Å². The van der Waals surface area contributed by atoms with Crippen molar-refractivity contribution in [3.63, 3.8) is 0 Å². The zero-order chi connectivity index (χ0) is 30.9. The van der Waals surface area contributed by atoms with E-state index in [-0.39, 0.29) is 0 Å². The van der Waals surface area contributed by atoms with Gasteiger partial charge in [0.15, 0.2) is 11.6 Å². The highest BCUT2D eigenvalue weighted by Crippen LogP contribution is 2.37. The van der Waals surface area contributed by atoms with Crippen LogP contribution in [0.5, 0.6) is 0 Å². The highest BCUT2D eigenvalue weighted by atomic mass is 15.2. The average Bonchev–Trinajstić information content (AvgIpc) is 3.87. The normalized spacial score (nSPS) is 11.8. The Bertz CT molecular complexity index is 2560. The number of aromatic nitrogens is 11. The van der Waals surface area contributed by atoms with Gasteiger partial charge in [0.25, 0.3) is 0 Å². The summed E-state index contributed by atoms with van der Waals surface area (Å²) in [6.07, 6.45) is 12.2. The smallest absolute Gasteiger partial charge is 0.240 e. The van der Waals surface area contributed by atoms with E-state index in [1.807, 2.05) is 74.2 Å². The molecule has 0 spiro atoms. The van der Waals surface area contributed by atoms with Crippen LogP contribution in [0.25, 0.3) is 61.5 Å². The van der Waals surface area contributed by atoms with E-state index in [9.17, 15) is 0 Å². The van der Waals surface area contributed by atoms with Crippen LogP contribution in [0.4, 0.5) is 22.7 Å². The van der Waals surface area contributed by atoms with Crippen LogP contribution in [0, 0.1) is 0 Å². The Balaban J connectivity index is 1.21. The third kappa shape index (κ3) is 3.83. The van der Waals surface area contributed by atoms with E-state index in [0.29, 0.717) is 23.2 Å². The fourth-order valence-electron chi connectivity index (χ4n) is 6.28. The number of rotatable bonds is 6. The summed E-state index contributed by atoms with van der Waals surface area (Å²) in [5.41, 5.74) is 7.78. The molecule has 47 heavy (non-hydrogen) atoms. The Labute approximate surface area is 264 Å². The quantitative estimate of drug-likeness (QED) is 0.223. The lowest BCUT2D eigenvalue weighted by Crippen LogP contribution is -2.10. The number of hydrogen-bond donors (Lipinski definition) is 2. The molecule has 13 heteroatoms. The molecular formula is C34H21N13. The van der Waals surface area contributed by atoms with E-state index < -0.39 is 0 Å². The number of para-hydroxylation sites is 2. The lowest BCUT2D eigenvalue weighted by atomic mass is 10.2. The second-order valence-electron chi connectivity index (χ2n) is 11.0. The maximum Gasteiger partial charge on any atom is 0.240 e. The van der Waals surface area contributed by atoms with Gasteiger partial charge in [-0.25, -0.2) is 24.3 Å². The SMILES string of the molecule is c1cncc(Nc2cccc3ncn(-c4nc5ncnc6nc(-n7cnc8cccc(Nc9cccnc9)c87)c7ccc4c7n56)c23)c1. The van der Waals surface area contributed by atoms with Crippen molar-refractivity contribution in [1.29, 1.82) is 0 Å². The molecule has 10 aromatic rings. The number of anilines is 4. The van der Waals surface area contributed by atoms with Gasteiger partial charge >= 0.3 is 0 Å². The van der Waals surface area contributed by atoms with Gasteiger partial charge in [0.05, 0.1) is 62.7 Å². The van der Waals surface area contributed by atoms with E-state index in [1.54, 1.807) is 37.4 Å². The predicted octanol–water partition coefficient (Wildman–Crippen LogP) is 6.22. The molecule has 0 fully saturated rings. The van der Waals surface area contributed by atoms with Gasteiger partial charge in [-0.2, -0.15) is 9.97 Å². The Morgan fingerprint density at radius 3 is 1.53 bits per heavy atom. The molecule has 7 aromatic heterocycles. The molecule has 222 valence electrons. The average molecular weight is 612 g/mol. The third-order valence-electron chi connectivity index (χ3n) is 8.26.